The summed E-state index contributed by atoms with van der Waals surface area (Å²) in [6.07, 6.45) is 0. The van der Waals surface area contributed by atoms with E-state index in [1.165, 1.54) is 91.8 Å². The van der Waals surface area contributed by atoms with Crippen LogP contribution in [0.1, 0.15) is 0 Å². The van der Waals surface area contributed by atoms with Crippen molar-refractivity contribution in [2.75, 3.05) is 0 Å². The number of thiophene rings is 1. The minimum atomic E-state index is 1.19. The topological polar surface area (TPSA) is 4.93 Å². The Morgan fingerprint density at radius 2 is 1.02 bits per heavy atom. The van der Waals surface area contributed by atoms with Crippen LogP contribution in [0, 0.1) is 0 Å². The predicted octanol–water partition coefficient (Wildman–Crippen LogP) is 11.6. The maximum Gasteiger partial charge on any atom is 0.0548 e. The molecular formula is C40H23NS. The number of hydrogen-bond acceptors (Lipinski definition) is 1. The van der Waals surface area contributed by atoms with Gasteiger partial charge in [-0.2, -0.15) is 0 Å². The van der Waals surface area contributed by atoms with E-state index in [9.17, 15) is 0 Å². The molecule has 0 spiro atoms. The van der Waals surface area contributed by atoms with Crippen molar-refractivity contribution in [1.29, 1.82) is 0 Å². The van der Waals surface area contributed by atoms with Gasteiger partial charge in [0.05, 0.1) is 11.0 Å². The average molecular weight is 550 g/mol. The number of fused-ring (bicyclic) bond motifs is 1. The van der Waals surface area contributed by atoms with Crippen LogP contribution in [0.3, 0.4) is 0 Å². The Morgan fingerprint density at radius 3 is 1.90 bits per heavy atom. The van der Waals surface area contributed by atoms with Gasteiger partial charge in [-0.25, -0.2) is 0 Å². The van der Waals surface area contributed by atoms with E-state index in [4.69, 9.17) is 0 Å². The molecule has 0 radical (unpaired) electrons. The van der Waals surface area contributed by atoms with Crippen LogP contribution >= 0.6 is 11.3 Å². The van der Waals surface area contributed by atoms with Crippen LogP contribution in [0.15, 0.2) is 140 Å². The fourth-order valence-electron chi connectivity index (χ4n) is 7.33. The zero-order chi connectivity index (χ0) is 27.4. The van der Waals surface area contributed by atoms with E-state index in [0.29, 0.717) is 0 Å². The van der Waals surface area contributed by atoms with Gasteiger partial charge in [0.2, 0.25) is 0 Å². The summed E-state index contributed by atoms with van der Waals surface area (Å²) in [6, 6.07) is 51.5. The second-order valence-electron chi connectivity index (χ2n) is 11.3. The maximum atomic E-state index is 2.48. The van der Waals surface area contributed by atoms with Crippen molar-refractivity contribution >= 4 is 64.1 Å². The number of rotatable bonds is 3. The van der Waals surface area contributed by atoms with Crippen molar-refractivity contribution in [2.45, 2.75) is 0 Å². The summed E-state index contributed by atoms with van der Waals surface area (Å²) in [5.74, 6) is 0. The van der Waals surface area contributed by atoms with E-state index in [-0.39, 0.29) is 0 Å². The SMILES string of the molecule is c1ccc(-c2cccc(-c3cccc(-n4c5cccc6c5c5c7c(ccc8sc9cccc-6c9c87)ccc54)c3)c2)cc1. The molecule has 42 heavy (non-hydrogen) atoms. The van der Waals surface area contributed by atoms with Crippen LogP contribution in [-0.4, -0.2) is 4.57 Å². The van der Waals surface area contributed by atoms with Gasteiger partial charge in [0, 0.05) is 42.0 Å². The van der Waals surface area contributed by atoms with Crippen molar-refractivity contribution in [2.24, 2.45) is 0 Å². The monoisotopic (exact) mass is 549 g/mol. The minimum absolute atomic E-state index is 1.19. The highest BCUT2D eigenvalue weighted by Crippen LogP contribution is 2.51. The lowest BCUT2D eigenvalue weighted by molar-refractivity contribution is 1.18. The minimum Gasteiger partial charge on any atom is -0.309 e. The molecule has 1 aliphatic carbocycles. The summed E-state index contributed by atoms with van der Waals surface area (Å²) in [7, 11) is 0. The van der Waals surface area contributed by atoms with Gasteiger partial charge < -0.3 is 4.57 Å². The van der Waals surface area contributed by atoms with Crippen molar-refractivity contribution in [1.82, 2.24) is 4.57 Å². The van der Waals surface area contributed by atoms with Gasteiger partial charge in [-0.1, -0.05) is 97.1 Å². The Hall–Kier alpha value is -5.18. The van der Waals surface area contributed by atoms with Crippen LogP contribution in [0.2, 0.25) is 0 Å². The third kappa shape index (κ3) is 2.92. The molecule has 2 heterocycles. The van der Waals surface area contributed by atoms with Crippen molar-refractivity contribution in [3.8, 4) is 39.1 Å². The number of nitrogens with zero attached hydrogens (tertiary/aromatic N) is 1. The van der Waals surface area contributed by atoms with Crippen LogP contribution < -0.4 is 0 Å². The van der Waals surface area contributed by atoms with Gasteiger partial charge in [0.25, 0.3) is 0 Å². The number of aromatic nitrogens is 1. The number of benzene rings is 7. The zero-order valence-electron chi connectivity index (χ0n) is 22.6. The molecule has 10 rings (SSSR count). The Labute approximate surface area is 246 Å². The first kappa shape index (κ1) is 22.5. The Balaban J connectivity index is 1.29. The maximum absolute atomic E-state index is 2.48. The molecule has 0 amide bonds. The molecule has 2 aromatic heterocycles. The first-order chi connectivity index (χ1) is 20.8. The first-order valence-corrected chi connectivity index (χ1v) is 15.3. The normalized spacial score (nSPS) is 12.3. The molecule has 0 saturated carbocycles. The van der Waals surface area contributed by atoms with Crippen molar-refractivity contribution in [3.63, 3.8) is 0 Å². The van der Waals surface area contributed by atoms with E-state index in [1.54, 1.807) is 0 Å². The summed E-state index contributed by atoms with van der Waals surface area (Å²) in [6.45, 7) is 0. The number of hydrogen-bond donors (Lipinski definition) is 0. The molecule has 9 aromatic rings. The quantitative estimate of drug-likeness (QED) is 0.207. The highest BCUT2D eigenvalue weighted by Gasteiger charge is 2.25. The van der Waals surface area contributed by atoms with E-state index in [1.807, 2.05) is 11.3 Å². The Bertz CT molecular complexity index is 2560. The lowest BCUT2D eigenvalue weighted by Crippen LogP contribution is -1.95. The highest BCUT2D eigenvalue weighted by molar-refractivity contribution is 7.26. The highest BCUT2D eigenvalue weighted by atomic mass is 32.1. The fraction of sp³-hybridized carbons (Fsp3) is 0. The van der Waals surface area contributed by atoms with Crippen molar-refractivity contribution < 1.29 is 0 Å². The van der Waals surface area contributed by atoms with Crippen LogP contribution in [0.4, 0.5) is 0 Å². The summed E-state index contributed by atoms with van der Waals surface area (Å²) >= 11 is 1.91. The molecule has 1 nitrogen and oxygen atoms in total. The summed E-state index contributed by atoms with van der Waals surface area (Å²) in [4.78, 5) is 0. The van der Waals surface area contributed by atoms with E-state index in [0.717, 1.165) is 0 Å². The molecule has 0 bridgehead atoms. The van der Waals surface area contributed by atoms with Crippen LogP contribution in [-0.2, 0) is 0 Å². The second kappa shape index (κ2) is 8.19. The van der Waals surface area contributed by atoms with E-state index < -0.39 is 0 Å². The van der Waals surface area contributed by atoms with Gasteiger partial charge in [-0.05, 0) is 81.2 Å². The fourth-order valence-corrected chi connectivity index (χ4v) is 8.47. The van der Waals surface area contributed by atoms with Crippen LogP contribution in [0.25, 0.3) is 91.8 Å². The van der Waals surface area contributed by atoms with E-state index in [2.05, 4.69) is 144 Å². The smallest absolute Gasteiger partial charge is 0.0548 e. The van der Waals surface area contributed by atoms with Crippen LogP contribution in [0.5, 0.6) is 0 Å². The molecule has 0 saturated heterocycles. The van der Waals surface area contributed by atoms with Gasteiger partial charge in [0.15, 0.2) is 0 Å². The third-order valence-electron chi connectivity index (χ3n) is 9.09. The van der Waals surface area contributed by atoms with Gasteiger partial charge >= 0.3 is 0 Å². The second-order valence-corrected chi connectivity index (χ2v) is 12.4. The molecule has 1 aliphatic rings. The molecule has 0 N–H and O–H groups in total. The predicted molar refractivity (Wildman–Crippen MR) is 181 cm³/mol. The van der Waals surface area contributed by atoms with Gasteiger partial charge in [-0.3, -0.25) is 0 Å². The zero-order valence-corrected chi connectivity index (χ0v) is 23.5. The standard InChI is InChI=1S/C40H23NS/c1-2-8-24(9-3-1)26-10-4-11-27(22-26)28-12-5-13-29(23-28)41-32-16-6-14-30-31-15-7-17-34-38(31)40-35(42-34)21-19-25-18-20-33(41)39(36(25)40)37(30)32/h1-23H. The lowest BCUT2D eigenvalue weighted by atomic mass is 9.98. The molecule has 0 aliphatic heterocycles. The third-order valence-corrected chi connectivity index (χ3v) is 10.2. The average Bonchev–Trinajstić information content (AvgIpc) is 3.57. The summed E-state index contributed by atoms with van der Waals surface area (Å²) in [5, 5.41) is 8.25. The Kier molecular flexibility index (Phi) is 4.39. The molecule has 0 atom stereocenters. The van der Waals surface area contributed by atoms with E-state index >= 15 is 0 Å². The molecule has 194 valence electrons. The first-order valence-electron chi connectivity index (χ1n) is 14.4. The Morgan fingerprint density at radius 1 is 0.381 bits per heavy atom. The molecule has 7 aromatic carbocycles. The lowest BCUT2D eigenvalue weighted by Gasteiger charge is -2.13. The molecular weight excluding hydrogens is 527 g/mol. The van der Waals surface area contributed by atoms with Gasteiger partial charge in [-0.15, -0.1) is 11.3 Å². The summed E-state index contributed by atoms with van der Waals surface area (Å²) in [5.41, 5.74) is 11.3. The molecule has 0 unspecified atom stereocenters. The molecule has 0 fully saturated rings. The van der Waals surface area contributed by atoms with Gasteiger partial charge in [0.1, 0.15) is 0 Å². The summed E-state index contributed by atoms with van der Waals surface area (Å²) < 4.78 is 5.22. The van der Waals surface area contributed by atoms with Crippen molar-refractivity contribution in [3.05, 3.63) is 140 Å². The molecule has 2 heteroatoms. The largest absolute Gasteiger partial charge is 0.309 e.